The van der Waals surface area contributed by atoms with Gasteiger partial charge in [0.15, 0.2) is 5.69 Å². The van der Waals surface area contributed by atoms with Crippen molar-refractivity contribution in [3.05, 3.63) is 11.4 Å². The van der Waals surface area contributed by atoms with Crippen LogP contribution in [0, 0.1) is 6.92 Å². The van der Waals surface area contributed by atoms with Gasteiger partial charge in [0.1, 0.15) is 0 Å². The number of nitrogens with zero attached hydrogens (tertiary/aromatic N) is 2. The van der Waals surface area contributed by atoms with E-state index in [0.29, 0.717) is 0 Å². The number of hydrogen-bond acceptors (Lipinski definition) is 2. The summed E-state index contributed by atoms with van der Waals surface area (Å²) in [6.07, 6.45) is -4.32. The minimum absolute atomic E-state index is 0.00849. The molecule has 56 valence electrons. The van der Waals surface area contributed by atoms with Crippen molar-refractivity contribution in [3.63, 3.8) is 0 Å². The molecule has 6 heteroatoms. The van der Waals surface area contributed by atoms with Gasteiger partial charge < -0.3 is 0 Å². The first kappa shape index (κ1) is 7.54. The van der Waals surface area contributed by atoms with E-state index in [9.17, 15) is 13.2 Å². The van der Waals surface area contributed by atoms with E-state index in [1.807, 2.05) is 0 Å². The second-order valence-electron chi connectivity index (χ2n) is 1.76. The predicted octanol–water partition coefficient (Wildman–Crippen LogP) is 1.84. The van der Waals surface area contributed by atoms with Crippen LogP contribution in [0.25, 0.3) is 0 Å². The monoisotopic (exact) mass is 168 g/mol. The van der Waals surface area contributed by atoms with Gasteiger partial charge in [-0.3, -0.25) is 0 Å². The molecule has 0 saturated heterocycles. The van der Waals surface area contributed by atoms with Crippen molar-refractivity contribution < 1.29 is 13.2 Å². The number of aryl methyl sites for hydroxylation is 1. The SMILES string of the molecule is Cc1n[pH]nc1C(F)(F)F. The normalized spacial score (nSPS) is 12.8. The highest BCUT2D eigenvalue weighted by Crippen LogP contribution is 2.30. The Morgan fingerprint density at radius 2 is 1.90 bits per heavy atom. The lowest BCUT2D eigenvalue weighted by Gasteiger charge is -2.00. The second kappa shape index (κ2) is 2.23. The molecule has 0 saturated carbocycles. The number of rotatable bonds is 0. The van der Waals surface area contributed by atoms with Crippen molar-refractivity contribution >= 4 is 8.51 Å². The largest absolute Gasteiger partial charge is 0.435 e. The lowest BCUT2D eigenvalue weighted by atomic mass is 10.3. The molecule has 0 aliphatic rings. The fourth-order valence-electron chi connectivity index (χ4n) is 0.552. The third-order valence-electron chi connectivity index (χ3n) is 0.991. The summed E-state index contributed by atoms with van der Waals surface area (Å²) in [5, 5.41) is 0. The molecule has 1 heterocycles. The molecular weight excluding hydrogens is 164 g/mol. The van der Waals surface area contributed by atoms with Crippen LogP contribution in [0.5, 0.6) is 0 Å². The average Bonchev–Trinajstić information content (AvgIpc) is 2.11. The zero-order valence-corrected chi connectivity index (χ0v) is 6.03. The Morgan fingerprint density at radius 3 is 2.10 bits per heavy atom. The fraction of sp³-hybridized carbons (Fsp3) is 0.500. The lowest BCUT2D eigenvalue weighted by Crippen LogP contribution is -2.06. The van der Waals surface area contributed by atoms with E-state index in [2.05, 4.69) is 9.49 Å². The van der Waals surface area contributed by atoms with E-state index in [0.717, 1.165) is 0 Å². The Kier molecular flexibility index (Phi) is 1.68. The molecule has 1 atom stereocenters. The smallest absolute Gasteiger partial charge is 0.224 e. The van der Waals surface area contributed by atoms with Crippen LogP contribution in [0.15, 0.2) is 0 Å². The van der Waals surface area contributed by atoms with E-state index < -0.39 is 11.9 Å². The van der Waals surface area contributed by atoms with E-state index in [1.54, 1.807) is 0 Å². The van der Waals surface area contributed by atoms with Crippen LogP contribution in [0.3, 0.4) is 0 Å². The maximum Gasteiger partial charge on any atom is 0.435 e. The third kappa shape index (κ3) is 1.29. The molecule has 2 nitrogen and oxygen atoms in total. The quantitative estimate of drug-likeness (QED) is 0.590. The first-order chi connectivity index (χ1) is 4.52. The predicted molar refractivity (Wildman–Crippen MR) is 31.3 cm³/mol. The van der Waals surface area contributed by atoms with Crippen molar-refractivity contribution in [2.45, 2.75) is 13.1 Å². The third-order valence-corrected chi connectivity index (χ3v) is 1.75. The van der Waals surface area contributed by atoms with Crippen LogP contribution in [0.1, 0.15) is 11.4 Å². The van der Waals surface area contributed by atoms with Gasteiger partial charge in [0.25, 0.3) is 0 Å². The minimum atomic E-state index is -4.32. The fourth-order valence-corrected chi connectivity index (χ4v) is 1.25. The molecule has 0 aromatic carbocycles. The van der Waals surface area contributed by atoms with Crippen LogP contribution in [-0.2, 0) is 6.18 Å². The zero-order chi connectivity index (χ0) is 7.78. The van der Waals surface area contributed by atoms with E-state index >= 15 is 0 Å². The van der Waals surface area contributed by atoms with Crippen LogP contribution in [0.2, 0.25) is 0 Å². The summed E-state index contributed by atoms with van der Waals surface area (Å²) in [5.41, 5.74) is -0.836. The molecule has 1 aromatic heterocycles. The van der Waals surface area contributed by atoms with Gasteiger partial charge in [-0.05, 0) is 6.92 Å². The summed E-state index contributed by atoms with van der Waals surface area (Å²) in [6, 6.07) is 0. The van der Waals surface area contributed by atoms with Gasteiger partial charge in [0.05, 0.1) is 14.2 Å². The van der Waals surface area contributed by atoms with Gasteiger partial charge in [-0.2, -0.15) is 13.2 Å². The number of halogens is 3. The summed E-state index contributed by atoms with van der Waals surface area (Å²) >= 11 is 0. The highest BCUT2D eigenvalue weighted by Gasteiger charge is 2.35. The maximum absolute atomic E-state index is 11.8. The maximum atomic E-state index is 11.8. The topological polar surface area (TPSA) is 25.8 Å². The van der Waals surface area contributed by atoms with Crippen molar-refractivity contribution in [1.29, 1.82) is 0 Å². The Balaban J connectivity index is 3.05. The Hall–Kier alpha value is -0.570. The van der Waals surface area contributed by atoms with Crippen molar-refractivity contribution in [3.8, 4) is 0 Å². The highest BCUT2D eigenvalue weighted by atomic mass is 31.1. The van der Waals surface area contributed by atoms with Crippen LogP contribution >= 0.6 is 8.51 Å². The first-order valence-electron chi connectivity index (χ1n) is 2.46. The number of aromatic nitrogens is 2. The summed E-state index contributed by atoms with van der Waals surface area (Å²) < 4.78 is 42.1. The number of hydrogen-bond donors (Lipinski definition) is 0. The molecule has 0 amide bonds. The Labute approximate surface area is 56.7 Å². The van der Waals surface area contributed by atoms with Gasteiger partial charge in [0, 0.05) is 0 Å². The molecular formula is C4H4F3N2P. The highest BCUT2D eigenvalue weighted by molar-refractivity contribution is 7.20. The summed E-state index contributed by atoms with van der Waals surface area (Å²) in [7, 11) is -0.301. The van der Waals surface area contributed by atoms with E-state index in [-0.39, 0.29) is 14.2 Å². The van der Waals surface area contributed by atoms with E-state index in [4.69, 9.17) is 0 Å². The van der Waals surface area contributed by atoms with E-state index in [1.165, 1.54) is 6.92 Å². The van der Waals surface area contributed by atoms with Crippen LogP contribution in [-0.4, -0.2) is 9.49 Å². The summed E-state index contributed by atoms with van der Waals surface area (Å²) in [4.78, 5) is 0. The molecule has 0 aliphatic heterocycles. The van der Waals surface area contributed by atoms with Crippen LogP contribution in [0.4, 0.5) is 13.2 Å². The van der Waals surface area contributed by atoms with Gasteiger partial charge in [-0.1, -0.05) is 0 Å². The standard InChI is InChI=1S/C4H4F3N2P/c1-2-3(4(5,6)7)9-10-8-2/h10H,1H3. The van der Waals surface area contributed by atoms with Crippen molar-refractivity contribution in [2.24, 2.45) is 0 Å². The van der Waals surface area contributed by atoms with Gasteiger partial charge in [-0.15, -0.1) is 0 Å². The molecule has 0 spiro atoms. The molecule has 0 bridgehead atoms. The van der Waals surface area contributed by atoms with Gasteiger partial charge >= 0.3 is 6.18 Å². The average molecular weight is 168 g/mol. The molecule has 10 heavy (non-hydrogen) atoms. The zero-order valence-electron chi connectivity index (χ0n) is 5.03. The molecule has 0 radical (unpaired) electrons. The number of alkyl halides is 3. The molecule has 1 aromatic rings. The molecule has 0 aliphatic carbocycles. The van der Waals surface area contributed by atoms with Crippen LogP contribution < -0.4 is 0 Å². The minimum Gasteiger partial charge on any atom is -0.224 e. The van der Waals surface area contributed by atoms with Crippen molar-refractivity contribution in [2.75, 3.05) is 0 Å². The lowest BCUT2D eigenvalue weighted by molar-refractivity contribution is -0.141. The molecule has 1 unspecified atom stereocenters. The van der Waals surface area contributed by atoms with Gasteiger partial charge in [-0.25, -0.2) is 9.49 Å². The molecule has 0 fully saturated rings. The first-order valence-corrected chi connectivity index (χ1v) is 3.36. The summed E-state index contributed by atoms with van der Waals surface area (Å²) in [5.74, 6) is 0. The molecule has 0 N–H and O–H groups in total. The summed E-state index contributed by atoms with van der Waals surface area (Å²) in [6.45, 7) is 1.31. The Bertz CT molecular complexity index is 229. The van der Waals surface area contributed by atoms with Crippen molar-refractivity contribution in [1.82, 2.24) is 9.49 Å². The second-order valence-corrected chi connectivity index (χ2v) is 2.40. The Morgan fingerprint density at radius 1 is 1.30 bits per heavy atom. The molecule has 1 rings (SSSR count). The van der Waals surface area contributed by atoms with Gasteiger partial charge in [0.2, 0.25) is 0 Å².